The molecule has 0 N–H and O–H groups in total. The predicted molar refractivity (Wildman–Crippen MR) is 105 cm³/mol. The number of aromatic nitrogens is 2. The fraction of sp³-hybridized carbons (Fsp3) is 0.0476. The van der Waals surface area contributed by atoms with E-state index in [0.29, 0.717) is 5.39 Å². The first-order valence-electron chi connectivity index (χ1n) is 8.12. The lowest BCUT2D eigenvalue weighted by Crippen LogP contribution is -2.13. The molecular weight excluding hydrogens is 328 g/mol. The van der Waals surface area contributed by atoms with E-state index in [9.17, 15) is 4.79 Å². The Morgan fingerprint density at radius 3 is 2.52 bits per heavy atom. The van der Waals surface area contributed by atoms with E-state index in [1.165, 1.54) is 5.56 Å². The van der Waals surface area contributed by atoms with Gasteiger partial charge in [0.25, 0.3) is 5.56 Å². The third-order valence-corrected chi connectivity index (χ3v) is 5.55. The van der Waals surface area contributed by atoms with Gasteiger partial charge in [-0.05, 0) is 42.3 Å². The van der Waals surface area contributed by atoms with Crippen LogP contribution in [0, 0.1) is 6.92 Å². The molecule has 0 saturated carbocycles. The maximum atomic E-state index is 13.1. The summed E-state index contributed by atoms with van der Waals surface area (Å²) in [6.07, 6.45) is 0. The molecule has 0 unspecified atom stereocenters. The molecule has 25 heavy (non-hydrogen) atoms. The van der Waals surface area contributed by atoms with Crippen LogP contribution in [0.25, 0.3) is 37.2 Å². The van der Waals surface area contributed by atoms with Gasteiger partial charge in [-0.3, -0.25) is 9.20 Å². The van der Waals surface area contributed by atoms with Crippen LogP contribution in [-0.4, -0.2) is 9.38 Å². The fourth-order valence-electron chi connectivity index (χ4n) is 3.20. The summed E-state index contributed by atoms with van der Waals surface area (Å²) in [4.78, 5) is 18.6. The summed E-state index contributed by atoms with van der Waals surface area (Å²) in [5.74, 6) is 0. The maximum Gasteiger partial charge on any atom is 0.266 e. The molecule has 0 amide bonds. The number of thiazole rings is 1. The van der Waals surface area contributed by atoms with Gasteiger partial charge in [0, 0.05) is 0 Å². The highest BCUT2D eigenvalue weighted by atomic mass is 32.1. The Bertz CT molecular complexity index is 1310. The van der Waals surface area contributed by atoms with Gasteiger partial charge in [0.05, 0.1) is 21.1 Å². The van der Waals surface area contributed by atoms with Crippen LogP contribution in [-0.2, 0) is 0 Å². The Balaban J connectivity index is 1.84. The number of aryl methyl sites for hydroxylation is 1. The average Bonchev–Trinajstić information content (AvgIpc) is 3.01. The van der Waals surface area contributed by atoms with Gasteiger partial charge in [0.15, 0.2) is 4.96 Å². The van der Waals surface area contributed by atoms with Gasteiger partial charge in [-0.1, -0.05) is 59.4 Å². The van der Waals surface area contributed by atoms with Crippen LogP contribution in [0.1, 0.15) is 5.56 Å². The van der Waals surface area contributed by atoms with E-state index < -0.39 is 0 Å². The van der Waals surface area contributed by atoms with Crippen molar-refractivity contribution >= 4 is 37.4 Å². The standard InChI is InChI=1S/C21H14N2OS/c1-13-6-8-14(9-7-13)15-10-11-17-16(12-15)20(24)23-18-4-2-3-5-19(18)25-21(23)22-17/h2-12H,1H3. The Labute approximate surface area is 147 Å². The Kier molecular flexibility index (Phi) is 3.02. The third-order valence-electron chi connectivity index (χ3n) is 4.53. The quantitative estimate of drug-likeness (QED) is 0.428. The monoisotopic (exact) mass is 342 g/mol. The highest BCUT2D eigenvalue weighted by Crippen LogP contribution is 2.27. The van der Waals surface area contributed by atoms with E-state index in [1.54, 1.807) is 15.7 Å². The molecule has 0 aliphatic heterocycles. The summed E-state index contributed by atoms with van der Waals surface area (Å²) in [5.41, 5.74) is 5.01. The van der Waals surface area contributed by atoms with Crippen LogP contribution in [0.15, 0.2) is 71.5 Å². The molecule has 0 atom stereocenters. The lowest BCUT2D eigenvalue weighted by atomic mass is 10.0. The van der Waals surface area contributed by atoms with Crippen LogP contribution in [0.5, 0.6) is 0 Å². The average molecular weight is 342 g/mol. The van der Waals surface area contributed by atoms with E-state index in [0.717, 1.165) is 31.8 Å². The molecule has 3 aromatic carbocycles. The summed E-state index contributed by atoms with van der Waals surface area (Å²) in [7, 11) is 0. The second-order valence-corrected chi connectivity index (χ2v) is 7.21. The molecule has 2 heterocycles. The van der Waals surface area contributed by atoms with Gasteiger partial charge in [-0.2, -0.15) is 0 Å². The SMILES string of the molecule is Cc1ccc(-c2ccc3nc4sc5ccccc5n4c(=O)c3c2)cc1. The topological polar surface area (TPSA) is 34.4 Å². The number of fused-ring (bicyclic) bond motifs is 4. The molecule has 5 rings (SSSR count). The van der Waals surface area contributed by atoms with E-state index in [4.69, 9.17) is 4.98 Å². The highest BCUT2D eigenvalue weighted by Gasteiger charge is 2.12. The second kappa shape index (κ2) is 5.26. The molecular formula is C21H14N2OS. The first kappa shape index (κ1) is 14.4. The molecule has 5 aromatic rings. The van der Waals surface area contributed by atoms with Crippen LogP contribution < -0.4 is 5.56 Å². The first-order valence-corrected chi connectivity index (χ1v) is 8.93. The molecule has 3 nitrogen and oxygen atoms in total. The molecule has 0 saturated heterocycles. The number of para-hydroxylation sites is 1. The number of hydrogen-bond acceptors (Lipinski definition) is 3. The van der Waals surface area contributed by atoms with E-state index in [2.05, 4.69) is 31.2 Å². The van der Waals surface area contributed by atoms with E-state index in [-0.39, 0.29) is 5.56 Å². The van der Waals surface area contributed by atoms with Crippen LogP contribution in [0.4, 0.5) is 0 Å². The molecule has 120 valence electrons. The smallest absolute Gasteiger partial charge is 0.266 e. The van der Waals surface area contributed by atoms with Crippen molar-refractivity contribution in [3.8, 4) is 11.1 Å². The zero-order valence-corrected chi connectivity index (χ0v) is 14.4. The number of rotatable bonds is 1. The Hall–Kier alpha value is -2.98. The molecule has 0 radical (unpaired) electrons. The minimum Gasteiger partial charge on any atom is -0.268 e. The second-order valence-electron chi connectivity index (χ2n) is 6.20. The summed E-state index contributed by atoms with van der Waals surface area (Å²) in [6.45, 7) is 2.07. The fourth-order valence-corrected chi connectivity index (χ4v) is 4.22. The molecule has 2 aromatic heterocycles. The summed E-state index contributed by atoms with van der Waals surface area (Å²) in [5, 5.41) is 0.652. The zero-order valence-electron chi connectivity index (χ0n) is 13.6. The summed E-state index contributed by atoms with van der Waals surface area (Å²) in [6, 6.07) is 22.2. The normalized spacial score (nSPS) is 11.6. The van der Waals surface area contributed by atoms with E-state index >= 15 is 0 Å². The maximum absolute atomic E-state index is 13.1. The Morgan fingerprint density at radius 2 is 1.68 bits per heavy atom. The van der Waals surface area contributed by atoms with Crippen molar-refractivity contribution < 1.29 is 0 Å². The lowest BCUT2D eigenvalue weighted by molar-refractivity contribution is 1.16. The molecule has 4 heteroatoms. The third kappa shape index (κ3) is 2.18. The van der Waals surface area contributed by atoms with Crippen molar-refractivity contribution in [3.05, 3.63) is 82.6 Å². The van der Waals surface area contributed by atoms with Crippen molar-refractivity contribution in [1.29, 1.82) is 0 Å². The number of nitrogens with zero attached hydrogens (tertiary/aromatic N) is 2. The van der Waals surface area contributed by atoms with Crippen LogP contribution in [0.2, 0.25) is 0 Å². The predicted octanol–water partition coefficient (Wildman–Crippen LogP) is 5.04. The lowest BCUT2D eigenvalue weighted by Gasteiger charge is -2.05. The van der Waals surface area contributed by atoms with Gasteiger partial charge >= 0.3 is 0 Å². The van der Waals surface area contributed by atoms with Crippen molar-refractivity contribution in [2.75, 3.05) is 0 Å². The van der Waals surface area contributed by atoms with Gasteiger partial charge in [0.1, 0.15) is 0 Å². The molecule has 0 aliphatic rings. The molecule has 0 fully saturated rings. The van der Waals surface area contributed by atoms with Gasteiger partial charge in [0.2, 0.25) is 0 Å². The minimum absolute atomic E-state index is 0.00795. The first-order chi connectivity index (χ1) is 12.2. The molecule has 0 aliphatic carbocycles. The van der Waals surface area contributed by atoms with Gasteiger partial charge in [-0.25, -0.2) is 4.98 Å². The van der Waals surface area contributed by atoms with Crippen molar-refractivity contribution in [2.45, 2.75) is 6.92 Å². The van der Waals surface area contributed by atoms with Gasteiger partial charge < -0.3 is 0 Å². The van der Waals surface area contributed by atoms with Crippen LogP contribution >= 0.6 is 11.3 Å². The Morgan fingerprint density at radius 1 is 0.920 bits per heavy atom. The highest BCUT2D eigenvalue weighted by molar-refractivity contribution is 7.23. The molecule has 0 bridgehead atoms. The van der Waals surface area contributed by atoms with Crippen molar-refractivity contribution in [2.24, 2.45) is 0 Å². The van der Waals surface area contributed by atoms with Crippen molar-refractivity contribution in [3.63, 3.8) is 0 Å². The van der Waals surface area contributed by atoms with Crippen LogP contribution in [0.3, 0.4) is 0 Å². The summed E-state index contributed by atoms with van der Waals surface area (Å²) < 4.78 is 2.79. The number of hydrogen-bond donors (Lipinski definition) is 0. The largest absolute Gasteiger partial charge is 0.268 e. The minimum atomic E-state index is -0.00795. The summed E-state index contributed by atoms with van der Waals surface area (Å²) >= 11 is 1.54. The number of benzene rings is 3. The van der Waals surface area contributed by atoms with E-state index in [1.807, 2.05) is 42.5 Å². The van der Waals surface area contributed by atoms with Gasteiger partial charge in [-0.15, -0.1) is 0 Å². The van der Waals surface area contributed by atoms with Crippen molar-refractivity contribution in [1.82, 2.24) is 9.38 Å². The zero-order chi connectivity index (χ0) is 17.0. The molecule has 0 spiro atoms.